The van der Waals surface area contributed by atoms with Crippen LogP contribution in [0.5, 0.6) is 6.01 Å². The zero-order valence-electron chi connectivity index (χ0n) is 12.8. The van der Waals surface area contributed by atoms with Gasteiger partial charge in [-0.2, -0.15) is 4.98 Å². The molecule has 0 radical (unpaired) electrons. The molecule has 22 heavy (non-hydrogen) atoms. The largest absolute Gasteiger partial charge is 0.463 e. The summed E-state index contributed by atoms with van der Waals surface area (Å²) >= 11 is 4.96. The summed E-state index contributed by atoms with van der Waals surface area (Å²) in [6.07, 6.45) is 13.9. The zero-order valence-corrected chi connectivity index (χ0v) is 13.6. The summed E-state index contributed by atoms with van der Waals surface area (Å²) in [6, 6.07) is 2.05. The minimum Gasteiger partial charge on any atom is -0.463 e. The molecule has 0 bridgehead atoms. The summed E-state index contributed by atoms with van der Waals surface area (Å²) in [7, 11) is 0. The Morgan fingerprint density at radius 3 is 3.05 bits per heavy atom. The van der Waals surface area contributed by atoms with Gasteiger partial charge in [0.2, 0.25) is 0 Å². The fourth-order valence-electron chi connectivity index (χ4n) is 2.51. The topological polar surface area (TPSA) is 61.0 Å². The van der Waals surface area contributed by atoms with E-state index in [4.69, 9.17) is 29.1 Å². The van der Waals surface area contributed by atoms with E-state index >= 15 is 0 Å². The first kappa shape index (κ1) is 16.4. The lowest BCUT2D eigenvalue weighted by molar-refractivity contribution is 0.220. The molecule has 0 saturated heterocycles. The van der Waals surface area contributed by atoms with Crippen LogP contribution in [0.1, 0.15) is 44.2 Å². The van der Waals surface area contributed by atoms with Gasteiger partial charge in [-0.3, -0.25) is 0 Å². The van der Waals surface area contributed by atoms with Crippen molar-refractivity contribution < 1.29 is 4.74 Å². The zero-order chi connectivity index (χ0) is 15.9. The van der Waals surface area contributed by atoms with Crippen molar-refractivity contribution in [3.8, 4) is 18.4 Å². The number of rotatable bonds is 6. The molecule has 0 saturated carbocycles. The normalized spacial score (nSPS) is 18.9. The van der Waals surface area contributed by atoms with E-state index in [2.05, 4.69) is 28.9 Å². The Balaban J connectivity index is 1.96. The van der Waals surface area contributed by atoms with E-state index in [1.165, 1.54) is 0 Å². The van der Waals surface area contributed by atoms with Crippen LogP contribution in [0.25, 0.3) is 0 Å². The number of nitrogens with two attached hydrogens (primary N) is 1. The Labute approximate surface area is 137 Å². The van der Waals surface area contributed by atoms with Crippen LogP contribution >= 0.6 is 12.2 Å². The third-order valence-electron chi connectivity index (χ3n) is 3.92. The van der Waals surface area contributed by atoms with Crippen LogP contribution in [0, 0.1) is 18.3 Å². The lowest BCUT2D eigenvalue weighted by atomic mass is 9.89. The number of allylic oxidation sites excluding steroid dienone is 2. The maximum Gasteiger partial charge on any atom is 0.316 e. The molecule has 0 amide bonds. The van der Waals surface area contributed by atoms with Gasteiger partial charge in [0.25, 0.3) is 0 Å². The molecular formula is C17H21N3OS. The molecule has 116 valence electrons. The molecule has 1 aliphatic rings. The fraction of sp³-hybridized carbons (Fsp3) is 0.471. The Kier molecular flexibility index (Phi) is 5.91. The van der Waals surface area contributed by atoms with Crippen molar-refractivity contribution in [2.75, 3.05) is 6.61 Å². The second kappa shape index (κ2) is 7.90. The monoisotopic (exact) mass is 315 g/mol. The second-order valence-electron chi connectivity index (χ2n) is 5.43. The van der Waals surface area contributed by atoms with Crippen molar-refractivity contribution in [2.24, 2.45) is 11.7 Å². The van der Waals surface area contributed by atoms with Crippen molar-refractivity contribution >= 4 is 17.2 Å². The molecule has 4 nitrogen and oxygen atoms in total. The van der Waals surface area contributed by atoms with Crippen molar-refractivity contribution in [2.45, 2.75) is 38.5 Å². The van der Waals surface area contributed by atoms with E-state index in [1.54, 1.807) is 17.8 Å². The molecule has 0 aliphatic heterocycles. The van der Waals surface area contributed by atoms with Crippen LogP contribution in [-0.2, 0) is 0 Å². The van der Waals surface area contributed by atoms with Crippen LogP contribution in [-0.4, -0.2) is 21.6 Å². The molecule has 2 atom stereocenters. The average molecular weight is 315 g/mol. The fourth-order valence-corrected chi connectivity index (χ4v) is 2.69. The second-order valence-corrected chi connectivity index (χ2v) is 5.90. The molecule has 0 fully saturated rings. The number of ether oxygens (including phenoxy) is 1. The maximum atomic E-state index is 5.73. The summed E-state index contributed by atoms with van der Waals surface area (Å²) in [5.41, 5.74) is 7.78. The van der Waals surface area contributed by atoms with Gasteiger partial charge in [0.15, 0.2) is 0 Å². The number of nitrogens with zero attached hydrogens (tertiary/aromatic N) is 2. The van der Waals surface area contributed by atoms with E-state index in [0.29, 0.717) is 24.2 Å². The van der Waals surface area contributed by atoms with Crippen LogP contribution < -0.4 is 10.5 Å². The summed E-state index contributed by atoms with van der Waals surface area (Å²) in [4.78, 5) is 8.68. The van der Waals surface area contributed by atoms with Crippen LogP contribution in [0.15, 0.2) is 23.9 Å². The molecule has 2 unspecified atom stereocenters. The van der Waals surface area contributed by atoms with Gasteiger partial charge in [-0.15, -0.1) is 6.42 Å². The van der Waals surface area contributed by atoms with Crippen molar-refractivity contribution in [1.29, 1.82) is 0 Å². The van der Waals surface area contributed by atoms with Gasteiger partial charge < -0.3 is 10.5 Å². The summed E-state index contributed by atoms with van der Waals surface area (Å²) in [5, 5.41) is 0. The molecule has 1 aromatic heterocycles. The number of hydrogen-bond acceptors (Lipinski definition) is 4. The Morgan fingerprint density at radius 2 is 2.45 bits per heavy atom. The van der Waals surface area contributed by atoms with Gasteiger partial charge in [-0.1, -0.05) is 36.7 Å². The van der Waals surface area contributed by atoms with Crippen molar-refractivity contribution in [3.63, 3.8) is 0 Å². The maximum absolute atomic E-state index is 5.73. The molecule has 0 spiro atoms. The molecule has 1 heterocycles. The highest BCUT2D eigenvalue weighted by molar-refractivity contribution is 7.80. The number of thiocarbonyl (C=S) groups is 1. The lowest BCUT2D eigenvalue weighted by Crippen LogP contribution is -2.20. The van der Waals surface area contributed by atoms with Crippen molar-refractivity contribution in [3.05, 3.63) is 29.6 Å². The van der Waals surface area contributed by atoms with E-state index in [1.807, 2.05) is 0 Å². The quantitative estimate of drug-likeness (QED) is 0.497. The van der Waals surface area contributed by atoms with E-state index in [-0.39, 0.29) is 4.99 Å². The first-order valence-corrected chi connectivity index (χ1v) is 7.94. The number of hydrogen-bond donors (Lipinski definition) is 1. The Morgan fingerprint density at radius 1 is 1.64 bits per heavy atom. The van der Waals surface area contributed by atoms with E-state index < -0.39 is 5.92 Å². The molecule has 0 aromatic carbocycles. The molecular weight excluding hydrogens is 294 g/mol. The number of aromatic nitrogens is 2. The van der Waals surface area contributed by atoms with E-state index in [0.717, 1.165) is 25.7 Å². The number of terminal acetylenes is 1. The third kappa shape index (κ3) is 4.28. The Bertz CT molecular complexity index is 606. The van der Waals surface area contributed by atoms with Gasteiger partial charge in [0, 0.05) is 6.20 Å². The van der Waals surface area contributed by atoms with Crippen LogP contribution in [0.2, 0.25) is 0 Å². The molecule has 2 rings (SSSR count). The standard InChI is InChI=1S/C17H21N3OS/c1-3-12-5-7-13(8-6-12)11-21-17-19-10-9-15(20-17)14(4-2)16(18)22/h2,5,9-10,13-14H,3,6-8,11H2,1H3,(H2,18,22). The summed E-state index contributed by atoms with van der Waals surface area (Å²) < 4.78 is 5.73. The minimum atomic E-state index is -0.481. The lowest BCUT2D eigenvalue weighted by Gasteiger charge is -2.21. The third-order valence-corrected chi connectivity index (χ3v) is 4.15. The first-order valence-electron chi connectivity index (χ1n) is 7.53. The minimum absolute atomic E-state index is 0.233. The summed E-state index contributed by atoms with van der Waals surface area (Å²) in [5.74, 6) is 2.58. The van der Waals surface area contributed by atoms with Gasteiger partial charge in [0.05, 0.1) is 17.3 Å². The summed E-state index contributed by atoms with van der Waals surface area (Å²) in [6.45, 7) is 2.82. The van der Waals surface area contributed by atoms with Crippen LogP contribution in [0.4, 0.5) is 0 Å². The van der Waals surface area contributed by atoms with Gasteiger partial charge in [0.1, 0.15) is 5.92 Å². The highest BCUT2D eigenvalue weighted by atomic mass is 32.1. The molecule has 1 aromatic rings. The van der Waals surface area contributed by atoms with Gasteiger partial charge in [-0.25, -0.2) is 4.98 Å². The molecule has 2 N–H and O–H groups in total. The van der Waals surface area contributed by atoms with Crippen LogP contribution in [0.3, 0.4) is 0 Å². The van der Waals surface area contributed by atoms with Gasteiger partial charge in [-0.05, 0) is 37.7 Å². The van der Waals surface area contributed by atoms with E-state index in [9.17, 15) is 0 Å². The van der Waals surface area contributed by atoms with Gasteiger partial charge >= 0.3 is 6.01 Å². The van der Waals surface area contributed by atoms with Crippen molar-refractivity contribution in [1.82, 2.24) is 9.97 Å². The predicted octanol–water partition coefficient (Wildman–Crippen LogP) is 2.99. The predicted molar refractivity (Wildman–Crippen MR) is 91.6 cm³/mol. The Hall–Kier alpha value is -1.93. The molecule has 5 heteroatoms. The average Bonchev–Trinajstić information content (AvgIpc) is 2.54. The SMILES string of the molecule is C#CC(C(N)=S)c1ccnc(OCC2CC=C(CC)CC2)n1. The molecule has 1 aliphatic carbocycles. The highest BCUT2D eigenvalue weighted by Gasteiger charge is 2.17. The first-order chi connectivity index (χ1) is 10.6. The highest BCUT2D eigenvalue weighted by Crippen LogP contribution is 2.25. The smallest absolute Gasteiger partial charge is 0.316 e.